The first-order valence-electron chi connectivity index (χ1n) is 15.5. The molecule has 4 N–H and O–H groups in total. The van der Waals surface area contributed by atoms with E-state index < -0.39 is 41.9 Å². The number of alkyl halides is 2. The van der Waals surface area contributed by atoms with Gasteiger partial charge in [0, 0.05) is 6.07 Å². The third kappa shape index (κ3) is 6.03. The maximum Gasteiger partial charge on any atom is 0.320 e. The number of aliphatic hydroxyl groups excluding tert-OH is 1. The molecule has 0 saturated heterocycles. The zero-order valence-corrected chi connectivity index (χ0v) is 26.4. The van der Waals surface area contributed by atoms with Gasteiger partial charge in [0.15, 0.2) is 0 Å². The van der Waals surface area contributed by atoms with Crippen molar-refractivity contribution in [1.29, 1.82) is 0 Å². The molecule has 6 aromatic rings. The normalized spacial score (nSPS) is 12.6. The van der Waals surface area contributed by atoms with Gasteiger partial charge in [0.2, 0.25) is 0 Å². The monoisotopic (exact) mass is 647 g/mol. The lowest BCUT2D eigenvalue weighted by molar-refractivity contribution is 0.0415. The summed E-state index contributed by atoms with van der Waals surface area (Å²) in [7, 11) is 0. The second-order valence-corrected chi connectivity index (χ2v) is 12.0. The van der Waals surface area contributed by atoms with E-state index in [1.165, 1.54) is 10.7 Å². The van der Waals surface area contributed by atoms with Gasteiger partial charge in [-0.2, -0.15) is 5.10 Å². The van der Waals surface area contributed by atoms with E-state index in [1.807, 2.05) is 97.1 Å². The molecule has 1 atom stereocenters. The van der Waals surface area contributed by atoms with Gasteiger partial charge in [-0.1, -0.05) is 121 Å². The molecule has 0 fully saturated rings. The third-order valence-corrected chi connectivity index (χ3v) is 8.37. The molecule has 2 heterocycles. The number of fused-ring (bicyclic) bond motifs is 1. The fraction of sp³-hybridized carbons (Fsp3) is 0.184. The van der Waals surface area contributed by atoms with Crippen LogP contribution in [0.5, 0.6) is 0 Å². The fourth-order valence-corrected chi connectivity index (χ4v) is 6.33. The van der Waals surface area contributed by atoms with Crippen LogP contribution in [0.2, 0.25) is 0 Å². The van der Waals surface area contributed by atoms with Crippen LogP contribution < -0.4 is 10.6 Å². The Morgan fingerprint density at radius 2 is 1.29 bits per heavy atom. The summed E-state index contributed by atoms with van der Waals surface area (Å²) < 4.78 is 31.3. The Morgan fingerprint density at radius 3 is 1.73 bits per heavy atom. The SMILES string of the molecule is CC(C)(O)[C@@H](NC(=O)Nc1cc2c(c(CO)n1)c(C(F)F)nn2C(c1ccccc1)(c1ccccc1)c1ccccc1)c1ccccc1. The number of rotatable bonds is 10. The van der Waals surface area contributed by atoms with Crippen molar-refractivity contribution in [3.05, 3.63) is 161 Å². The third-order valence-electron chi connectivity index (χ3n) is 8.37. The van der Waals surface area contributed by atoms with Gasteiger partial charge in [-0.25, -0.2) is 23.2 Å². The molecule has 48 heavy (non-hydrogen) atoms. The maximum absolute atomic E-state index is 14.9. The predicted octanol–water partition coefficient (Wildman–Crippen LogP) is 7.34. The van der Waals surface area contributed by atoms with Crippen LogP contribution in [0.4, 0.5) is 19.4 Å². The van der Waals surface area contributed by atoms with E-state index in [4.69, 9.17) is 0 Å². The van der Waals surface area contributed by atoms with Crippen LogP contribution in [0, 0.1) is 0 Å². The van der Waals surface area contributed by atoms with Gasteiger partial charge in [0.25, 0.3) is 6.43 Å². The summed E-state index contributed by atoms with van der Waals surface area (Å²) in [6, 6.07) is 37.4. The summed E-state index contributed by atoms with van der Waals surface area (Å²) in [4.78, 5) is 17.8. The van der Waals surface area contributed by atoms with E-state index >= 15 is 0 Å². The van der Waals surface area contributed by atoms with Crippen LogP contribution in [0.3, 0.4) is 0 Å². The van der Waals surface area contributed by atoms with E-state index in [0.29, 0.717) is 5.56 Å². The number of aliphatic hydroxyl groups is 2. The molecule has 0 radical (unpaired) electrons. The smallest absolute Gasteiger partial charge is 0.320 e. The highest BCUT2D eigenvalue weighted by molar-refractivity contribution is 5.93. The van der Waals surface area contributed by atoms with Crippen molar-refractivity contribution >= 4 is 22.8 Å². The first-order chi connectivity index (χ1) is 23.1. The zero-order chi connectivity index (χ0) is 33.9. The van der Waals surface area contributed by atoms with Crippen molar-refractivity contribution in [3.8, 4) is 0 Å². The summed E-state index contributed by atoms with van der Waals surface area (Å²) in [6.07, 6.45) is -3.00. The van der Waals surface area contributed by atoms with Crippen LogP contribution >= 0.6 is 0 Å². The lowest BCUT2D eigenvalue weighted by Gasteiger charge is -2.37. The predicted molar refractivity (Wildman–Crippen MR) is 181 cm³/mol. The highest BCUT2D eigenvalue weighted by atomic mass is 19.3. The number of urea groups is 1. The lowest BCUT2D eigenvalue weighted by atomic mass is 9.77. The molecule has 0 aliphatic rings. The molecule has 0 saturated carbocycles. The van der Waals surface area contributed by atoms with Gasteiger partial charge in [0.05, 0.1) is 34.8 Å². The first-order valence-corrected chi connectivity index (χ1v) is 15.5. The molecular formula is C38H35F2N5O3. The second kappa shape index (κ2) is 13.3. The Kier molecular flexibility index (Phi) is 9.03. The largest absolute Gasteiger partial charge is 0.390 e. The van der Waals surface area contributed by atoms with Crippen molar-refractivity contribution in [2.75, 3.05) is 5.32 Å². The van der Waals surface area contributed by atoms with Crippen LogP contribution in [-0.4, -0.2) is 36.6 Å². The molecular weight excluding hydrogens is 612 g/mol. The van der Waals surface area contributed by atoms with Gasteiger partial charge in [0.1, 0.15) is 17.1 Å². The maximum atomic E-state index is 14.9. The molecule has 2 aromatic heterocycles. The van der Waals surface area contributed by atoms with Crippen molar-refractivity contribution in [2.24, 2.45) is 0 Å². The number of pyridine rings is 1. The molecule has 0 unspecified atom stereocenters. The Morgan fingerprint density at radius 1 is 0.812 bits per heavy atom. The van der Waals surface area contributed by atoms with Gasteiger partial charge >= 0.3 is 6.03 Å². The van der Waals surface area contributed by atoms with Crippen molar-refractivity contribution in [1.82, 2.24) is 20.1 Å². The van der Waals surface area contributed by atoms with Crippen LogP contribution in [0.15, 0.2) is 127 Å². The van der Waals surface area contributed by atoms with Crippen LogP contribution in [-0.2, 0) is 12.1 Å². The molecule has 8 nitrogen and oxygen atoms in total. The molecule has 0 aliphatic carbocycles. The van der Waals surface area contributed by atoms with E-state index in [0.717, 1.165) is 16.7 Å². The minimum atomic E-state index is -3.00. The average Bonchev–Trinajstić information content (AvgIpc) is 3.49. The zero-order valence-electron chi connectivity index (χ0n) is 26.4. The van der Waals surface area contributed by atoms with E-state index in [1.54, 1.807) is 38.1 Å². The minimum Gasteiger partial charge on any atom is -0.390 e. The van der Waals surface area contributed by atoms with Gasteiger partial charge in [-0.15, -0.1) is 0 Å². The van der Waals surface area contributed by atoms with Crippen LogP contribution in [0.25, 0.3) is 10.9 Å². The minimum absolute atomic E-state index is 0.00309. The highest BCUT2D eigenvalue weighted by Crippen LogP contribution is 2.44. The molecule has 6 rings (SSSR count). The van der Waals surface area contributed by atoms with E-state index in [-0.39, 0.29) is 22.4 Å². The molecule has 0 spiro atoms. The number of nitrogens with one attached hydrogen (secondary N) is 2. The Labute approximate surface area is 276 Å². The number of carbonyl (C=O) groups is 1. The van der Waals surface area contributed by atoms with E-state index in [2.05, 4.69) is 20.7 Å². The number of carbonyl (C=O) groups excluding carboxylic acids is 1. The molecule has 0 bridgehead atoms. The molecule has 244 valence electrons. The number of nitrogens with zero attached hydrogens (tertiary/aromatic N) is 3. The topological polar surface area (TPSA) is 112 Å². The number of halogens is 2. The number of benzene rings is 4. The van der Waals surface area contributed by atoms with Gasteiger partial charge in [-0.3, -0.25) is 5.32 Å². The van der Waals surface area contributed by atoms with Crippen LogP contribution in [0.1, 0.15) is 60.0 Å². The van der Waals surface area contributed by atoms with Gasteiger partial charge < -0.3 is 15.5 Å². The Hall–Kier alpha value is -5.45. The highest BCUT2D eigenvalue weighted by Gasteiger charge is 2.42. The number of anilines is 1. The lowest BCUT2D eigenvalue weighted by Crippen LogP contribution is -2.44. The second-order valence-electron chi connectivity index (χ2n) is 12.0. The van der Waals surface area contributed by atoms with Crippen molar-refractivity contribution < 1.29 is 23.8 Å². The summed E-state index contributed by atoms with van der Waals surface area (Å²) in [5.41, 5.74) is -0.0736. The Bertz CT molecular complexity index is 1900. The number of aromatic nitrogens is 3. The summed E-state index contributed by atoms with van der Waals surface area (Å²) >= 11 is 0. The molecule has 10 heteroatoms. The summed E-state index contributed by atoms with van der Waals surface area (Å²) in [5.74, 6) is -0.00309. The fourth-order valence-electron chi connectivity index (χ4n) is 6.33. The molecule has 2 amide bonds. The van der Waals surface area contributed by atoms with Gasteiger partial charge in [-0.05, 0) is 36.1 Å². The number of hydrogen-bond acceptors (Lipinski definition) is 5. The average molecular weight is 648 g/mol. The first kappa shape index (κ1) is 32.5. The standard InChI is InChI=1S/C38H35F2N5O3/c1-37(2,48)34(25-15-7-3-8-16-25)43-36(47)42-31-23-30-32(29(24-46)41-31)33(35(39)40)44-45(30)38(26-17-9-4-10-18-26,27-19-11-5-12-20-27)28-21-13-6-14-22-28/h3-23,34-35,46,48H,24H2,1-2H3,(H2,41,42,43,47)/t34-/m0/s1. The van der Waals surface area contributed by atoms with Crippen molar-refractivity contribution in [2.45, 2.75) is 44.1 Å². The molecule has 4 aromatic carbocycles. The Balaban J connectivity index is 1.58. The summed E-state index contributed by atoms with van der Waals surface area (Å²) in [5, 5.41) is 31.5. The number of hydrogen-bond donors (Lipinski definition) is 4. The number of amides is 2. The van der Waals surface area contributed by atoms with E-state index in [9.17, 15) is 23.8 Å². The van der Waals surface area contributed by atoms with Crippen molar-refractivity contribution in [3.63, 3.8) is 0 Å². The quantitative estimate of drug-likeness (QED) is 0.116. The molecule has 0 aliphatic heterocycles. The summed E-state index contributed by atoms with van der Waals surface area (Å²) in [6.45, 7) is 2.48.